The van der Waals surface area contributed by atoms with Crippen molar-refractivity contribution in [3.63, 3.8) is 0 Å². The number of anilines is 1. The van der Waals surface area contributed by atoms with Crippen LogP contribution in [0.25, 0.3) is 0 Å². The molecule has 112 valence electrons. The van der Waals surface area contributed by atoms with Crippen LogP contribution in [0.2, 0.25) is 0 Å². The number of nitro groups is 1. The van der Waals surface area contributed by atoms with Crippen molar-refractivity contribution in [1.29, 1.82) is 0 Å². The zero-order chi connectivity index (χ0) is 15.7. The van der Waals surface area contributed by atoms with E-state index in [4.69, 9.17) is 4.74 Å². The second-order valence-electron chi connectivity index (χ2n) is 4.89. The highest BCUT2D eigenvalue weighted by Gasteiger charge is 2.32. The number of rotatable bonds is 4. The lowest BCUT2D eigenvalue weighted by Crippen LogP contribution is -2.23. The van der Waals surface area contributed by atoms with Crippen LogP contribution in [0, 0.1) is 10.1 Å². The quantitative estimate of drug-likeness (QED) is 0.642. The molecule has 0 fully saturated rings. The average molecular weight is 298 g/mol. The van der Waals surface area contributed by atoms with E-state index in [2.05, 4.69) is 0 Å². The first-order valence-corrected chi connectivity index (χ1v) is 6.93. The number of benzene rings is 2. The van der Waals surface area contributed by atoms with E-state index >= 15 is 0 Å². The lowest BCUT2D eigenvalue weighted by molar-refractivity contribution is -0.384. The minimum absolute atomic E-state index is 0.132. The highest BCUT2D eigenvalue weighted by Crippen LogP contribution is 2.36. The molecule has 0 spiro atoms. The van der Waals surface area contributed by atoms with E-state index in [1.807, 2.05) is 12.1 Å². The van der Waals surface area contributed by atoms with Crippen molar-refractivity contribution in [3.8, 4) is 5.75 Å². The summed E-state index contributed by atoms with van der Waals surface area (Å²) in [7, 11) is 0. The largest absolute Gasteiger partial charge is 0.494 e. The Kier molecular flexibility index (Phi) is 3.50. The maximum atomic E-state index is 12.5. The molecule has 22 heavy (non-hydrogen) atoms. The standard InChI is InChI=1S/C16H14N2O4/c1-2-22-12-7-8-14(15(9-12)18(20)21)17-10-11-5-3-4-6-13(11)16(17)19/h3-9H,2,10H2,1H3. The molecule has 0 bridgehead atoms. The molecule has 3 rings (SSSR count). The van der Waals surface area contributed by atoms with Gasteiger partial charge in [-0.05, 0) is 30.7 Å². The fourth-order valence-corrected chi connectivity index (χ4v) is 2.58. The van der Waals surface area contributed by atoms with E-state index in [1.165, 1.54) is 11.0 Å². The molecule has 2 aromatic rings. The van der Waals surface area contributed by atoms with Gasteiger partial charge in [0.05, 0.1) is 24.1 Å². The summed E-state index contributed by atoms with van der Waals surface area (Å²) in [5.74, 6) is 0.199. The van der Waals surface area contributed by atoms with Crippen LogP contribution in [0.4, 0.5) is 11.4 Å². The summed E-state index contributed by atoms with van der Waals surface area (Å²) >= 11 is 0. The molecular weight excluding hydrogens is 284 g/mol. The average Bonchev–Trinajstić information content (AvgIpc) is 2.85. The summed E-state index contributed by atoms with van der Waals surface area (Å²) in [6.45, 7) is 2.56. The highest BCUT2D eigenvalue weighted by atomic mass is 16.6. The number of carbonyl (C=O) groups excluding carboxylic acids is 1. The number of amides is 1. The van der Waals surface area contributed by atoms with Crippen molar-refractivity contribution >= 4 is 17.3 Å². The van der Waals surface area contributed by atoms with Gasteiger partial charge in [-0.25, -0.2) is 0 Å². The van der Waals surface area contributed by atoms with Gasteiger partial charge < -0.3 is 4.74 Å². The number of nitro benzene ring substituents is 1. The maximum Gasteiger partial charge on any atom is 0.296 e. The summed E-state index contributed by atoms with van der Waals surface area (Å²) in [4.78, 5) is 24.7. The predicted molar refractivity (Wildman–Crippen MR) is 81.2 cm³/mol. The normalized spacial score (nSPS) is 13.1. The van der Waals surface area contributed by atoms with Crippen molar-refractivity contribution in [3.05, 3.63) is 63.7 Å². The highest BCUT2D eigenvalue weighted by molar-refractivity contribution is 6.11. The van der Waals surface area contributed by atoms with E-state index in [0.717, 1.165) is 5.56 Å². The molecule has 2 aromatic carbocycles. The lowest BCUT2D eigenvalue weighted by Gasteiger charge is -2.16. The van der Waals surface area contributed by atoms with Gasteiger partial charge in [0.15, 0.2) is 0 Å². The van der Waals surface area contributed by atoms with Crippen LogP contribution >= 0.6 is 0 Å². The summed E-state index contributed by atoms with van der Waals surface area (Å²) in [6.07, 6.45) is 0. The lowest BCUT2D eigenvalue weighted by atomic mass is 10.1. The number of nitrogens with zero attached hydrogens (tertiary/aromatic N) is 2. The van der Waals surface area contributed by atoms with Crippen molar-refractivity contribution in [2.45, 2.75) is 13.5 Å². The molecule has 6 heteroatoms. The zero-order valence-corrected chi connectivity index (χ0v) is 12.0. The van der Waals surface area contributed by atoms with Gasteiger partial charge in [-0.15, -0.1) is 0 Å². The molecule has 1 aliphatic heterocycles. The summed E-state index contributed by atoms with van der Waals surface area (Å²) in [5, 5.41) is 11.3. The van der Waals surface area contributed by atoms with Gasteiger partial charge in [-0.2, -0.15) is 0 Å². The molecule has 0 N–H and O–H groups in total. The Morgan fingerprint density at radius 2 is 2.05 bits per heavy atom. The maximum absolute atomic E-state index is 12.5. The van der Waals surface area contributed by atoms with Crippen LogP contribution in [-0.4, -0.2) is 17.4 Å². The van der Waals surface area contributed by atoms with Crippen LogP contribution in [0.3, 0.4) is 0 Å². The zero-order valence-electron chi connectivity index (χ0n) is 12.0. The van der Waals surface area contributed by atoms with Crippen LogP contribution in [0.5, 0.6) is 5.75 Å². The second-order valence-corrected chi connectivity index (χ2v) is 4.89. The smallest absolute Gasteiger partial charge is 0.296 e. The Morgan fingerprint density at radius 1 is 1.27 bits per heavy atom. The van der Waals surface area contributed by atoms with Gasteiger partial charge in [0, 0.05) is 5.56 Å². The Hall–Kier alpha value is -2.89. The number of hydrogen-bond donors (Lipinski definition) is 0. The fraction of sp³-hybridized carbons (Fsp3) is 0.188. The van der Waals surface area contributed by atoms with Crippen LogP contribution in [-0.2, 0) is 6.54 Å². The van der Waals surface area contributed by atoms with E-state index in [0.29, 0.717) is 24.5 Å². The molecule has 0 aliphatic carbocycles. The molecule has 1 heterocycles. The predicted octanol–water partition coefficient (Wildman–Crippen LogP) is 3.15. The van der Waals surface area contributed by atoms with Gasteiger partial charge in [-0.3, -0.25) is 19.8 Å². The molecule has 0 aromatic heterocycles. The molecular formula is C16H14N2O4. The topological polar surface area (TPSA) is 72.7 Å². The first-order valence-electron chi connectivity index (χ1n) is 6.93. The molecule has 6 nitrogen and oxygen atoms in total. The van der Waals surface area contributed by atoms with Gasteiger partial charge in [0.2, 0.25) is 0 Å². The number of fused-ring (bicyclic) bond motifs is 1. The van der Waals surface area contributed by atoms with Crippen LogP contribution in [0.1, 0.15) is 22.8 Å². The molecule has 0 radical (unpaired) electrons. The van der Waals surface area contributed by atoms with Gasteiger partial charge in [0.1, 0.15) is 11.4 Å². The Bertz CT molecular complexity index is 758. The summed E-state index contributed by atoms with van der Waals surface area (Å²) < 4.78 is 5.30. The Labute approximate surface area is 127 Å². The number of ether oxygens (including phenoxy) is 1. The van der Waals surface area contributed by atoms with Crippen LogP contribution < -0.4 is 9.64 Å². The molecule has 0 saturated heterocycles. The summed E-state index contributed by atoms with van der Waals surface area (Å²) in [6, 6.07) is 11.8. The van der Waals surface area contributed by atoms with E-state index < -0.39 is 4.92 Å². The third-order valence-corrected chi connectivity index (χ3v) is 3.57. The number of hydrogen-bond acceptors (Lipinski definition) is 4. The molecule has 1 aliphatic rings. The van der Waals surface area contributed by atoms with Gasteiger partial charge in [-0.1, -0.05) is 18.2 Å². The van der Waals surface area contributed by atoms with Crippen molar-refractivity contribution < 1.29 is 14.5 Å². The van der Waals surface area contributed by atoms with Crippen molar-refractivity contribution in [1.82, 2.24) is 0 Å². The van der Waals surface area contributed by atoms with Gasteiger partial charge >= 0.3 is 0 Å². The van der Waals surface area contributed by atoms with Gasteiger partial charge in [0.25, 0.3) is 11.6 Å². The monoisotopic (exact) mass is 298 g/mol. The van der Waals surface area contributed by atoms with E-state index in [1.54, 1.807) is 31.2 Å². The second kappa shape index (κ2) is 5.48. The third kappa shape index (κ3) is 2.28. The van der Waals surface area contributed by atoms with E-state index in [-0.39, 0.29) is 17.3 Å². The van der Waals surface area contributed by atoms with Crippen molar-refractivity contribution in [2.24, 2.45) is 0 Å². The molecule has 0 unspecified atom stereocenters. The fourth-order valence-electron chi connectivity index (χ4n) is 2.58. The summed E-state index contributed by atoms with van der Waals surface area (Å²) in [5.41, 5.74) is 1.61. The minimum Gasteiger partial charge on any atom is -0.494 e. The SMILES string of the molecule is CCOc1ccc(N2Cc3ccccc3C2=O)c([N+](=O)[O-])c1. The first kappa shape index (κ1) is 14.1. The number of carbonyl (C=O) groups is 1. The van der Waals surface area contributed by atoms with Crippen molar-refractivity contribution in [2.75, 3.05) is 11.5 Å². The molecule has 0 saturated carbocycles. The first-order chi connectivity index (χ1) is 10.6. The Morgan fingerprint density at radius 3 is 2.73 bits per heavy atom. The molecule has 0 atom stereocenters. The minimum atomic E-state index is -0.492. The molecule has 1 amide bonds. The van der Waals surface area contributed by atoms with Crippen LogP contribution in [0.15, 0.2) is 42.5 Å². The Balaban J connectivity index is 2.03. The third-order valence-electron chi connectivity index (χ3n) is 3.57. The van der Waals surface area contributed by atoms with E-state index in [9.17, 15) is 14.9 Å².